The molecule has 0 saturated carbocycles. The molecule has 0 unspecified atom stereocenters. The van der Waals surface area contributed by atoms with Crippen LogP contribution in [0.1, 0.15) is 47.1 Å². The second-order valence-corrected chi connectivity index (χ2v) is 5.44. The van der Waals surface area contributed by atoms with E-state index in [9.17, 15) is 4.79 Å². The molecule has 1 heterocycles. The molecule has 106 valence electrons. The Hall–Kier alpha value is -1.88. The Morgan fingerprint density at radius 3 is 2.70 bits per heavy atom. The predicted molar refractivity (Wildman–Crippen MR) is 76.4 cm³/mol. The molecular formula is C14H16ClN3O2. The molecule has 0 fully saturated rings. The molecule has 2 aromatic rings. The summed E-state index contributed by atoms with van der Waals surface area (Å²) in [6.07, 6.45) is 0. The van der Waals surface area contributed by atoms with Gasteiger partial charge in [0.05, 0.1) is 12.2 Å². The van der Waals surface area contributed by atoms with E-state index in [2.05, 4.69) is 10.3 Å². The van der Waals surface area contributed by atoms with Crippen molar-refractivity contribution in [2.45, 2.75) is 33.2 Å². The van der Waals surface area contributed by atoms with E-state index < -0.39 is 5.97 Å². The van der Waals surface area contributed by atoms with Crippen LogP contribution in [-0.2, 0) is 6.54 Å². The third-order valence-electron chi connectivity index (χ3n) is 3.05. The third kappa shape index (κ3) is 2.82. The van der Waals surface area contributed by atoms with Crippen LogP contribution >= 0.6 is 11.6 Å². The first-order valence-corrected chi connectivity index (χ1v) is 6.69. The van der Waals surface area contributed by atoms with Crippen LogP contribution < -0.4 is 0 Å². The molecule has 1 aromatic heterocycles. The maximum Gasteiger partial charge on any atom is 0.358 e. The fourth-order valence-electron chi connectivity index (χ4n) is 2.10. The van der Waals surface area contributed by atoms with Gasteiger partial charge in [0.2, 0.25) is 0 Å². The van der Waals surface area contributed by atoms with Crippen LogP contribution in [0, 0.1) is 6.92 Å². The topological polar surface area (TPSA) is 68.0 Å². The number of hydrogen-bond donors (Lipinski definition) is 1. The minimum Gasteiger partial charge on any atom is -0.476 e. The number of aromatic nitrogens is 3. The van der Waals surface area contributed by atoms with Gasteiger partial charge < -0.3 is 5.11 Å². The van der Waals surface area contributed by atoms with Gasteiger partial charge in [0.1, 0.15) is 0 Å². The summed E-state index contributed by atoms with van der Waals surface area (Å²) in [6, 6.07) is 5.76. The Labute approximate surface area is 122 Å². The molecule has 0 aliphatic rings. The molecule has 5 nitrogen and oxygen atoms in total. The summed E-state index contributed by atoms with van der Waals surface area (Å²) in [6.45, 7) is 6.21. The Bertz CT molecular complexity index is 650. The molecule has 6 heteroatoms. The normalized spacial score (nSPS) is 11.1. The maximum absolute atomic E-state index is 11.2. The lowest BCUT2D eigenvalue weighted by Crippen LogP contribution is -2.11. The fraction of sp³-hybridized carbons (Fsp3) is 0.357. The molecule has 1 aromatic carbocycles. The Morgan fingerprint density at radius 2 is 2.15 bits per heavy atom. The molecule has 0 atom stereocenters. The van der Waals surface area contributed by atoms with E-state index in [0.717, 1.165) is 11.1 Å². The largest absolute Gasteiger partial charge is 0.476 e. The first-order valence-electron chi connectivity index (χ1n) is 6.32. The van der Waals surface area contributed by atoms with E-state index >= 15 is 0 Å². The highest BCUT2D eigenvalue weighted by Gasteiger charge is 2.21. The zero-order valence-electron chi connectivity index (χ0n) is 11.6. The first-order chi connectivity index (χ1) is 9.40. The van der Waals surface area contributed by atoms with Gasteiger partial charge in [-0.25, -0.2) is 9.48 Å². The fourth-order valence-corrected chi connectivity index (χ4v) is 2.40. The van der Waals surface area contributed by atoms with Crippen LogP contribution in [0.5, 0.6) is 0 Å². The highest BCUT2D eigenvalue weighted by molar-refractivity contribution is 6.31. The summed E-state index contributed by atoms with van der Waals surface area (Å²) in [5.74, 6) is -1.05. The molecule has 0 bridgehead atoms. The maximum atomic E-state index is 11.2. The molecule has 0 amide bonds. The van der Waals surface area contributed by atoms with Crippen molar-refractivity contribution in [1.29, 1.82) is 0 Å². The Kier molecular flexibility index (Phi) is 4.09. The van der Waals surface area contributed by atoms with E-state index in [0.29, 0.717) is 17.3 Å². The van der Waals surface area contributed by atoms with Gasteiger partial charge in [-0.2, -0.15) is 0 Å². The number of halogens is 1. The van der Waals surface area contributed by atoms with Gasteiger partial charge in [0, 0.05) is 5.02 Å². The average molecular weight is 294 g/mol. The second-order valence-electron chi connectivity index (χ2n) is 5.04. The van der Waals surface area contributed by atoms with Crippen molar-refractivity contribution in [2.75, 3.05) is 0 Å². The van der Waals surface area contributed by atoms with Crippen molar-refractivity contribution >= 4 is 17.6 Å². The van der Waals surface area contributed by atoms with Crippen LogP contribution in [0.25, 0.3) is 0 Å². The van der Waals surface area contributed by atoms with Gasteiger partial charge in [0.25, 0.3) is 0 Å². The van der Waals surface area contributed by atoms with Crippen molar-refractivity contribution in [3.05, 3.63) is 45.7 Å². The number of aromatic carboxylic acids is 1. The van der Waals surface area contributed by atoms with Gasteiger partial charge in [-0.05, 0) is 30.0 Å². The minimum atomic E-state index is -1.06. The predicted octanol–water partition coefficient (Wildman–Crippen LogP) is 3.11. The van der Waals surface area contributed by atoms with Gasteiger partial charge in [-0.3, -0.25) is 0 Å². The lowest BCUT2D eigenvalue weighted by molar-refractivity contribution is 0.0688. The van der Waals surface area contributed by atoms with Gasteiger partial charge in [-0.15, -0.1) is 5.10 Å². The lowest BCUT2D eigenvalue weighted by Gasteiger charge is -2.11. The molecule has 0 saturated heterocycles. The van der Waals surface area contributed by atoms with Crippen molar-refractivity contribution in [2.24, 2.45) is 0 Å². The average Bonchev–Trinajstić information content (AvgIpc) is 2.76. The van der Waals surface area contributed by atoms with E-state index in [-0.39, 0.29) is 11.6 Å². The number of hydrogen-bond acceptors (Lipinski definition) is 3. The lowest BCUT2D eigenvalue weighted by atomic mass is 10.1. The monoisotopic (exact) mass is 293 g/mol. The third-order valence-corrected chi connectivity index (χ3v) is 3.40. The van der Waals surface area contributed by atoms with E-state index in [4.69, 9.17) is 16.7 Å². The van der Waals surface area contributed by atoms with Gasteiger partial charge >= 0.3 is 5.97 Å². The number of rotatable bonds is 4. The second kappa shape index (κ2) is 5.63. The molecular weight excluding hydrogens is 278 g/mol. The molecule has 0 spiro atoms. The van der Waals surface area contributed by atoms with Crippen molar-refractivity contribution < 1.29 is 9.90 Å². The Morgan fingerprint density at radius 1 is 1.45 bits per heavy atom. The molecule has 1 N–H and O–H groups in total. The number of aryl methyl sites for hydroxylation is 1. The number of benzene rings is 1. The van der Waals surface area contributed by atoms with Crippen molar-refractivity contribution in [3.8, 4) is 0 Å². The van der Waals surface area contributed by atoms with Crippen molar-refractivity contribution in [1.82, 2.24) is 15.0 Å². The quantitative estimate of drug-likeness (QED) is 0.940. The Balaban J connectivity index is 2.41. The summed E-state index contributed by atoms with van der Waals surface area (Å²) in [7, 11) is 0. The molecule has 2 rings (SSSR count). The van der Waals surface area contributed by atoms with Gasteiger partial charge in [-0.1, -0.05) is 42.8 Å². The van der Waals surface area contributed by atoms with Crippen molar-refractivity contribution in [3.63, 3.8) is 0 Å². The summed E-state index contributed by atoms with van der Waals surface area (Å²) in [5, 5.41) is 17.5. The summed E-state index contributed by atoms with van der Waals surface area (Å²) >= 11 is 6.20. The van der Waals surface area contributed by atoms with Crippen LogP contribution in [0.2, 0.25) is 5.02 Å². The zero-order valence-corrected chi connectivity index (χ0v) is 12.3. The summed E-state index contributed by atoms with van der Waals surface area (Å²) in [4.78, 5) is 11.2. The van der Waals surface area contributed by atoms with Gasteiger partial charge in [0.15, 0.2) is 5.69 Å². The summed E-state index contributed by atoms with van der Waals surface area (Å²) < 4.78 is 1.60. The summed E-state index contributed by atoms with van der Waals surface area (Å²) in [5.41, 5.74) is 2.58. The standard InChI is InChI=1S/C14H16ClN3O2/c1-8(2)13-12(14(19)20)16-17-18(13)7-10-5-4-9(3)6-11(10)15/h4-6,8H,7H2,1-3H3,(H,19,20). The van der Waals surface area contributed by atoms with E-state index in [1.54, 1.807) is 4.68 Å². The number of carbonyl (C=O) groups is 1. The van der Waals surface area contributed by atoms with E-state index in [1.807, 2.05) is 39.0 Å². The zero-order chi connectivity index (χ0) is 14.9. The number of carboxylic acid groups (broad SMARTS) is 1. The highest BCUT2D eigenvalue weighted by Crippen LogP contribution is 2.22. The van der Waals surface area contributed by atoms with Crippen LogP contribution in [0.4, 0.5) is 0 Å². The molecule has 20 heavy (non-hydrogen) atoms. The molecule has 0 aliphatic carbocycles. The smallest absolute Gasteiger partial charge is 0.358 e. The van der Waals surface area contributed by atoms with Crippen LogP contribution in [0.3, 0.4) is 0 Å². The molecule has 0 aliphatic heterocycles. The highest BCUT2D eigenvalue weighted by atomic mass is 35.5. The molecule has 0 radical (unpaired) electrons. The van der Waals surface area contributed by atoms with E-state index in [1.165, 1.54) is 0 Å². The van der Waals surface area contributed by atoms with Crippen LogP contribution in [-0.4, -0.2) is 26.1 Å². The SMILES string of the molecule is Cc1ccc(Cn2nnc(C(=O)O)c2C(C)C)c(Cl)c1. The first kappa shape index (κ1) is 14.5. The number of carboxylic acids is 1. The number of nitrogens with zero attached hydrogens (tertiary/aromatic N) is 3. The minimum absolute atomic E-state index is 0.00299. The van der Waals surface area contributed by atoms with Crippen LogP contribution in [0.15, 0.2) is 18.2 Å².